The maximum Gasteiger partial charge on any atom is 0.490 e. The van der Waals surface area contributed by atoms with Gasteiger partial charge in [0.2, 0.25) is 6.79 Å². The first-order valence-corrected chi connectivity index (χ1v) is 9.28. The predicted molar refractivity (Wildman–Crippen MR) is 109 cm³/mol. The molecule has 0 atom stereocenters. The van der Waals surface area contributed by atoms with Gasteiger partial charge in [-0.15, -0.1) is 0 Å². The van der Waals surface area contributed by atoms with Gasteiger partial charge < -0.3 is 24.5 Å². The minimum atomic E-state index is -5.08. The third kappa shape index (κ3) is 4.76. The Morgan fingerprint density at radius 3 is 2.52 bits per heavy atom. The van der Waals surface area contributed by atoms with Crippen molar-refractivity contribution in [2.75, 3.05) is 12.1 Å². The lowest BCUT2D eigenvalue weighted by Gasteiger charge is -2.09. The summed E-state index contributed by atoms with van der Waals surface area (Å²) in [4.78, 5) is 26.7. The minimum absolute atomic E-state index is 0.231. The highest BCUT2D eigenvalue weighted by Gasteiger charge is 2.38. The van der Waals surface area contributed by atoms with E-state index in [0.29, 0.717) is 22.9 Å². The quantitative estimate of drug-likeness (QED) is 0.472. The lowest BCUT2D eigenvalue weighted by molar-refractivity contribution is -0.192. The van der Waals surface area contributed by atoms with Crippen LogP contribution in [0.25, 0.3) is 22.6 Å². The lowest BCUT2D eigenvalue weighted by atomic mass is 10.2. The molecule has 1 aliphatic heterocycles. The van der Waals surface area contributed by atoms with E-state index in [1.165, 1.54) is 0 Å². The summed E-state index contributed by atoms with van der Waals surface area (Å²) >= 11 is 0. The number of carboxylic acid groups (broad SMARTS) is 1. The van der Waals surface area contributed by atoms with E-state index in [4.69, 9.17) is 24.4 Å². The number of imidazole rings is 1. The van der Waals surface area contributed by atoms with Crippen molar-refractivity contribution in [2.45, 2.75) is 6.18 Å². The fraction of sp³-hybridized carbons (Fsp3) is 0.150. The van der Waals surface area contributed by atoms with Crippen molar-refractivity contribution in [3.63, 3.8) is 0 Å². The first-order valence-electron chi connectivity index (χ1n) is 9.28. The van der Waals surface area contributed by atoms with Crippen molar-refractivity contribution in [3.05, 3.63) is 49.1 Å². The number of fused-ring (bicyclic) bond motifs is 2. The number of hydrogen-bond donors (Lipinski definition) is 2. The Hall–Kier alpha value is -4.42. The van der Waals surface area contributed by atoms with E-state index in [-0.39, 0.29) is 6.79 Å². The maximum atomic E-state index is 10.6. The lowest BCUT2D eigenvalue weighted by Crippen LogP contribution is -2.21. The van der Waals surface area contributed by atoms with Gasteiger partial charge in [0.1, 0.15) is 0 Å². The van der Waals surface area contributed by atoms with Crippen LogP contribution in [0.5, 0.6) is 11.5 Å². The largest absolute Gasteiger partial charge is 0.490 e. The van der Waals surface area contributed by atoms with Gasteiger partial charge in [0, 0.05) is 30.7 Å². The molecule has 0 saturated carbocycles. The Morgan fingerprint density at radius 1 is 1.12 bits per heavy atom. The number of alkyl halides is 3. The van der Waals surface area contributed by atoms with Crippen LogP contribution in [0.4, 0.5) is 24.7 Å². The summed E-state index contributed by atoms with van der Waals surface area (Å²) in [6.07, 6.45) is 0.0796. The molecule has 0 radical (unpaired) electrons. The Kier molecular flexibility index (Phi) is 5.69. The summed E-state index contributed by atoms with van der Waals surface area (Å²) in [6, 6.07) is 9.41. The van der Waals surface area contributed by atoms with Crippen LogP contribution in [0.2, 0.25) is 0 Å². The van der Waals surface area contributed by atoms with Crippen molar-refractivity contribution in [2.24, 2.45) is 7.05 Å². The van der Waals surface area contributed by atoms with Gasteiger partial charge >= 0.3 is 12.1 Å². The molecule has 0 aliphatic carbocycles. The van der Waals surface area contributed by atoms with Gasteiger partial charge in [0.05, 0.1) is 6.33 Å². The molecule has 170 valence electrons. The summed E-state index contributed by atoms with van der Waals surface area (Å²) in [7, 11) is 1.90. The van der Waals surface area contributed by atoms with Gasteiger partial charge in [-0.2, -0.15) is 13.2 Å². The Morgan fingerprint density at radius 2 is 1.82 bits per heavy atom. The van der Waals surface area contributed by atoms with Gasteiger partial charge in [-0.1, -0.05) is 0 Å². The Bertz CT molecular complexity index is 1310. The summed E-state index contributed by atoms with van der Waals surface area (Å²) < 4.78 is 44.4. The SMILES string of the molecule is Cn1cnc2c(Nc3ccncc3)nc(-c3ccc4c(c3)OCO4)nc21.O=C(O)C(F)(F)F. The van der Waals surface area contributed by atoms with E-state index in [1.54, 1.807) is 18.7 Å². The number of ether oxygens (including phenoxy) is 2. The summed E-state index contributed by atoms with van der Waals surface area (Å²) in [5.41, 5.74) is 3.16. The average molecular weight is 460 g/mol. The number of hydrogen-bond acceptors (Lipinski definition) is 8. The monoisotopic (exact) mass is 460 g/mol. The van der Waals surface area contributed by atoms with E-state index in [9.17, 15) is 13.2 Å². The molecule has 0 fully saturated rings. The second-order valence-corrected chi connectivity index (χ2v) is 6.66. The first kappa shape index (κ1) is 21.8. The van der Waals surface area contributed by atoms with Crippen LogP contribution in [0.3, 0.4) is 0 Å². The molecule has 4 heterocycles. The van der Waals surface area contributed by atoms with E-state index in [1.807, 2.05) is 41.9 Å². The van der Waals surface area contributed by atoms with Crippen LogP contribution >= 0.6 is 0 Å². The van der Waals surface area contributed by atoms with Gasteiger partial charge in [-0.25, -0.2) is 19.7 Å². The third-order valence-electron chi connectivity index (χ3n) is 4.38. The van der Waals surface area contributed by atoms with Crippen LogP contribution in [0.1, 0.15) is 0 Å². The van der Waals surface area contributed by atoms with Crippen molar-refractivity contribution in [3.8, 4) is 22.9 Å². The van der Waals surface area contributed by atoms with Crippen molar-refractivity contribution in [1.82, 2.24) is 24.5 Å². The minimum Gasteiger partial charge on any atom is -0.475 e. The number of benzene rings is 1. The van der Waals surface area contributed by atoms with Crippen LogP contribution in [-0.4, -0.2) is 48.5 Å². The molecule has 5 rings (SSSR count). The average Bonchev–Trinajstić information content (AvgIpc) is 3.40. The molecule has 0 bridgehead atoms. The molecule has 13 heteroatoms. The number of aliphatic carboxylic acids is 1. The summed E-state index contributed by atoms with van der Waals surface area (Å²) in [5, 5.41) is 10.4. The smallest absolute Gasteiger partial charge is 0.475 e. The molecular weight excluding hydrogens is 445 g/mol. The Balaban J connectivity index is 0.000000325. The second-order valence-electron chi connectivity index (χ2n) is 6.66. The molecule has 1 aromatic carbocycles. The zero-order valence-corrected chi connectivity index (χ0v) is 16.9. The molecule has 4 aromatic rings. The standard InChI is InChI=1S/C18H14N6O2.C2HF3O2/c1-24-9-20-15-17(21-12-4-6-19-7-5-12)22-16(23-18(15)24)11-2-3-13-14(8-11)26-10-25-13;3-2(4,5)1(6)7/h2-9H,10H2,1H3,(H,19,21,22,23);(H,6,7). The van der Waals surface area contributed by atoms with E-state index in [0.717, 1.165) is 22.6 Å². The first-order chi connectivity index (χ1) is 15.7. The number of carbonyl (C=O) groups is 1. The number of nitrogens with zero attached hydrogens (tertiary/aromatic N) is 5. The van der Waals surface area contributed by atoms with Crippen LogP contribution in [0, 0.1) is 0 Å². The number of anilines is 2. The molecule has 1 aliphatic rings. The fourth-order valence-electron chi connectivity index (χ4n) is 2.83. The number of carboxylic acids is 1. The molecular formula is C20H15F3N6O4. The van der Waals surface area contributed by atoms with Gasteiger partial charge in [0.25, 0.3) is 0 Å². The highest BCUT2D eigenvalue weighted by atomic mass is 19.4. The number of aryl methyl sites for hydroxylation is 1. The van der Waals surface area contributed by atoms with E-state index >= 15 is 0 Å². The summed E-state index contributed by atoms with van der Waals surface area (Å²) in [6.45, 7) is 0.231. The number of pyridine rings is 1. The summed E-state index contributed by atoms with van der Waals surface area (Å²) in [5.74, 6) is -0.122. The molecule has 0 saturated heterocycles. The maximum absolute atomic E-state index is 10.6. The molecule has 0 unspecified atom stereocenters. The number of rotatable bonds is 3. The van der Waals surface area contributed by atoms with Crippen LogP contribution in [-0.2, 0) is 11.8 Å². The molecule has 0 amide bonds. The predicted octanol–water partition coefficient (Wildman–Crippen LogP) is 3.53. The number of halogens is 3. The normalized spacial score (nSPS) is 12.2. The van der Waals surface area contributed by atoms with Crippen LogP contribution in [0.15, 0.2) is 49.1 Å². The van der Waals surface area contributed by atoms with Crippen molar-refractivity contribution in [1.29, 1.82) is 0 Å². The van der Waals surface area contributed by atoms with E-state index in [2.05, 4.69) is 20.3 Å². The topological polar surface area (TPSA) is 124 Å². The number of nitrogens with one attached hydrogen (secondary N) is 1. The zero-order valence-electron chi connectivity index (χ0n) is 16.9. The molecule has 0 spiro atoms. The van der Waals surface area contributed by atoms with Crippen molar-refractivity contribution < 1.29 is 32.5 Å². The van der Waals surface area contributed by atoms with Gasteiger partial charge in [-0.3, -0.25) is 4.98 Å². The van der Waals surface area contributed by atoms with Crippen molar-refractivity contribution >= 4 is 28.6 Å². The van der Waals surface area contributed by atoms with Crippen LogP contribution < -0.4 is 14.8 Å². The Labute approximate surface area is 183 Å². The second kappa shape index (κ2) is 8.61. The van der Waals surface area contributed by atoms with Gasteiger partial charge in [-0.05, 0) is 30.3 Å². The molecule has 33 heavy (non-hydrogen) atoms. The van der Waals surface area contributed by atoms with Gasteiger partial charge in [0.15, 0.2) is 34.3 Å². The van der Waals surface area contributed by atoms with E-state index < -0.39 is 12.1 Å². The molecule has 3 aromatic heterocycles. The molecule has 10 nitrogen and oxygen atoms in total. The zero-order chi connectivity index (χ0) is 23.6. The third-order valence-corrected chi connectivity index (χ3v) is 4.38. The highest BCUT2D eigenvalue weighted by molar-refractivity contribution is 5.87. The molecule has 2 N–H and O–H groups in total. The number of aromatic nitrogens is 5. The highest BCUT2D eigenvalue weighted by Crippen LogP contribution is 2.36. The fourth-order valence-corrected chi connectivity index (χ4v) is 2.83.